The molecule has 11 nitrogen and oxygen atoms in total. The van der Waals surface area contributed by atoms with Crippen LogP contribution in [-0.2, 0) is 16.1 Å². The summed E-state index contributed by atoms with van der Waals surface area (Å²) < 4.78 is 6.00. The lowest BCUT2D eigenvalue weighted by molar-refractivity contribution is -0.384. The number of ether oxygens (including phenoxy) is 1. The monoisotopic (exact) mass is 378 g/mol. The van der Waals surface area contributed by atoms with Crippen LogP contribution in [-0.4, -0.2) is 44.2 Å². The zero-order valence-electron chi connectivity index (χ0n) is 15.1. The number of nitro groups is 1. The van der Waals surface area contributed by atoms with Crippen molar-refractivity contribution in [3.05, 3.63) is 38.3 Å². The van der Waals surface area contributed by atoms with Crippen LogP contribution >= 0.6 is 0 Å². The number of aromatic nitrogens is 2. The van der Waals surface area contributed by atoms with Gasteiger partial charge in [0, 0.05) is 12.4 Å². The molecule has 0 fully saturated rings. The van der Waals surface area contributed by atoms with E-state index in [9.17, 15) is 29.6 Å². The van der Waals surface area contributed by atoms with Crippen molar-refractivity contribution in [2.24, 2.45) is 0 Å². The van der Waals surface area contributed by atoms with Crippen LogP contribution < -0.4 is 10.9 Å². The number of esters is 1. The van der Waals surface area contributed by atoms with E-state index >= 15 is 0 Å². The van der Waals surface area contributed by atoms with Crippen molar-refractivity contribution in [2.45, 2.75) is 32.9 Å². The van der Waals surface area contributed by atoms with E-state index in [0.29, 0.717) is 0 Å². The smallest absolute Gasteiger partial charge is 0.341 e. The van der Waals surface area contributed by atoms with Gasteiger partial charge in [-0.1, -0.05) is 0 Å². The fraction of sp³-hybridized carbons (Fsp3) is 0.375. The normalized spacial score (nSPS) is 11.3. The lowest BCUT2D eigenvalue weighted by Crippen LogP contribution is -2.33. The molecule has 0 amide bonds. The molecule has 2 aromatic rings. The first kappa shape index (κ1) is 19.8. The number of carboxylic acids is 1. The van der Waals surface area contributed by atoms with E-state index in [1.807, 2.05) is 0 Å². The van der Waals surface area contributed by atoms with Gasteiger partial charge in [-0.15, -0.1) is 0 Å². The van der Waals surface area contributed by atoms with Crippen molar-refractivity contribution in [2.75, 3.05) is 12.4 Å². The summed E-state index contributed by atoms with van der Waals surface area (Å²) in [6.45, 7) is 4.32. The largest absolute Gasteiger partial charge is 0.477 e. The number of carbonyl (C=O) groups excluding carboxylic acids is 1. The van der Waals surface area contributed by atoms with Crippen LogP contribution in [0.3, 0.4) is 0 Å². The highest BCUT2D eigenvalue weighted by atomic mass is 16.6. The van der Waals surface area contributed by atoms with Crippen LogP contribution in [0, 0.1) is 10.1 Å². The number of rotatable bonds is 5. The van der Waals surface area contributed by atoms with Crippen LogP contribution in [0.25, 0.3) is 11.0 Å². The maximum atomic E-state index is 12.5. The summed E-state index contributed by atoms with van der Waals surface area (Å²) in [6, 6.07) is 0.997. The number of pyridine rings is 2. The van der Waals surface area contributed by atoms with Crippen LogP contribution in [0.4, 0.5) is 11.4 Å². The number of nitrogens with one attached hydrogen (secondary N) is 1. The molecule has 0 aliphatic carbocycles. The van der Waals surface area contributed by atoms with Gasteiger partial charge in [0.2, 0.25) is 0 Å². The number of fused-ring (bicyclic) bond motifs is 1. The minimum Gasteiger partial charge on any atom is -0.477 e. The molecule has 2 rings (SSSR count). The Labute approximate surface area is 152 Å². The maximum Gasteiger partial charge on any atom is 0.341 e. The Morgan fingerprint density at radius 1 is 1.41 bits per heavy atom. The molecule has 0 atom stereocenters. The summed E-state index contributed by atoms with van der Waals surface area (Å²) in [5, 5.41) is 23.1. The number of anilines is 1. The molecule has 2 N–H and O–H groups in total. The Kier molecular flexibility index (Phi) is 5.15. The van der Waals surface area contributed by atoms with E-state index in [0.717, 1.165) is 16.8 Å². The number of carboxylic acid groups (broad SMARTS) is 1. The van der Waals surface area contributed by atoms with Gasteiger partial charge >= 0.3 is 17.6 Å². The molecule has 0 aliphatic rings. The van der Waals surface area contributed by atoms with E-state index in [4.69, 9.17) is 4.74 Å². The zero-order valence-corrected chi connectivity index (χ0v) is 15.1. The van der Waals surface area contributed by atoms with Gasteiger partial charge in [-0.3, -0.25) is 24.3 Å². The van der Waals surface area contributed by atoms with Crippen molar-refractivity contribution >= 4 is 34.3 Å². The summed E-state index contributed by atoms with van der Waals surface area (Å²) >= 11 is 0. The third-order valence-electron chi connectivity index (χ3n) is 3.48. The number of carbonyl (C=O) groups is 2. The summed E-state index contributed by atoms with van der Waals surface area (Å²) in [5.41, 5.74) is -2.93. The predicted molar refractivity (Wildman–Crippen MR) is 95.0 cm³/mol. The van der Waals surface area contributed by atoms with Gasteiger partial charge < -0.3 is 15.2 Å². The molecule has 0 spiro atoms. The standard InChI is InChI=1S/C16H18N4O7/c1-16(2,3)27-11(21)7-19-13-8(5-9(14(19)22)15(23)24)12(17-4)10(6-18-13)20(25)26/h5-6H,7H2,1-4H3,(H,17,18)(H,23,24). The molecular weight excluding hydrogens is 360 g/mol. The summed E-state index contributed by atoms with van der Waals surface area (Å²) in [6.07, 6.45) is 0.930. The quantitative estimate of drug-likeness (QED) is 0.446. The second kappa shape index (κ2) is 7.02. The molecule has 27 heavy (non-hydrogen) atoms. The molecule has 11 heteroatoms. The van der Waals surface area contributed by atoms with E-state index in [1.165, 1.54) is 7.05 Å². The first-order valence-electron chi connectivity index (χ1n) is 7.80. The molecular formula is C16H18N4O7. The van der Waals surface area contributed by atoms with Crippen LogP contribution in [0.15, 0.2) is 17.1 Å². The fourth-order valence-corrected chi connectivity index (χ4v) is 2.51. The van der Waals surface area contributed by atoms with Gasteiger partial charge in [-0.25, -0.2) is 9.78 Å². The first-order chi connectivity index (χ1) is 12.5. The lowest BCUT2D eigenvalue weighted by atomic mass is 10.1. The molecule has 0 radical (unpaired) electrons. The zero-order chi connectivity index (χ0) is 20.5. The highest BCUT2D eigenvalue weighted by molar-refractivity contribution is 5.99. The van der Waals surface area contributed by atoms with Gasteiger partial charge in [0.05, 0.1) is 4.92 Å². The average Bonchev–Trinajstić information content (AvgIpc) is 2.53. The number of hydrogen-bond acceptors (Lipinski definition) is 8. The van der Waals surface area contributed by atoms with Gasteiger partial charge in [-0.2, -0.15) is 0 Å². The van der Waals surface area contributed by atoms with E-state index < -0.39 is 45.8 Å². The van der Waals surface area contributed by atoms with Crippen molar-refractivity contribution in [3.8, 4) is 0 Å². The van der Waals surface area contributed by atoms with Crippen molar-refractivity contribution in [1.29, 1.82) is 0 Å². The SMILES string of the molecule is CNc1c([N+](=O)[O-])cnc2c1cc(C(=O)O)c(=O)n2CC(=O)OC(C)(C)C. The van der Waals surface area contributed by atoms with E-state index in [1.54, 1.807) is 20.8 Å². The fourth-order valence-electron chi connectivity index (χ4n) is 2.51. The highest BCUT2D eigenvalue weighted by Crippen LogP contribution is 2.31. The predicted octanol–water partition coefficient (Wildman–Crippen LogP) is 1.39. The van der Waals surface area contributed by atoms with Crippen molar-refractivity contribution < 1.29 is 24.4 Å². The Morgan fingerprint density at radius 2 is 2.04 bits per heavy atom. The minimum absolute atomic E-state index is 0.0206. The first-order valence-corrected chi connectivity index (χ1v) is 7.80. The van der Waals surface area contributed by atoms with Crippen LogP contribution in [0.1, 0.15) is 31.1 Å². The highest BCUT2D eigenvalue weighted by Gasteiger charge is 2.25. The molecule has 2 aromatic heterocycles. The number of aromatic carboxylic acids is 1. The lowest BCUT2D eigenvalue weighted by Gasteiger charge is -2.20. The van der Waals surface area contributed by atoms with E-state index in [-0.39, 0.29) is 16.7 Å². The van der Waals surface area contributed by atoms with Crippen LogP contribution in [0.2, 0.25) is 0 Å². The molecule has 0 saturated carbocycles. The van der Waals surface area contributed by atoms with Gasteiger partial charge in [0.1, 0.15) is 35.2 Å². The Bertz CT molecular complexity index is 1000. The molecule has 0 aliphatic heterocycles. The summed E-state index contributed by atoms with van der Waals surface area (Å²) in [5.74, 6) is -2.31. The Morgan fingerprint density at radius 3 is 2.52 bits per heavy atom. The van der Waals surface area contributed by atoms with Gasteiger partial charge in [0.15, 0.2) is 0 Å². The molecule has 2 heterocycles. The second-order valence-corrected chi connectivity index (χ2v) is 6.60. The van der Waals surface area contributed by atoms with Gasteiger partial charge in [-0.05, 0) is 26.8 Å². The Hall–Kier alpha value is -3.50. The molecule has 0 aromatic carbocycles. The van der Waals surface area contributed by atoms with Crippen molar-refractivity contribution in [1.82, 2.24) is 9.55 Å². The Balaban J connectivity index is 2.80. The molecule has 0 unspecified atom stereocenters. The third-order valence-corrected chi connectivity index (χ3v) is 3.48. The summed E-state index contributed by atoms with van der Waals surface area (Å²) in [7, 11) is 1.41. The van der Waals surface area contributed by atoms with Crippen molar-refractivity contribution in [3.63, 3.8) is 0 Å². The molecule has 144 valence electrons. The minimum atomic E-state index is -1.53. The second-order valence-electron chi connectivity index (χ2n) is 6.60. The summed E-state index contributed by atoms with van der Waals surface area (Å²) in [4.78, 5) is 50.5. The number of hydrogen-bond donors (Lipinski definition) is 2. The van der Waals surface area contributed by atoms with E-state index in [2.05, 4.69) is 10.3 Å². The maximum absolute atomic E-state index is 12.5. The third kappa shape index (κ3) is 4.02. The molecule has 0 bridgehead atoms. The van der Waals surface area contributed by atoms with Gasteiger partial charge in [0.25, 0.3) is 5.56 Å². The average molecular weight is 378 g/mol. The molecule has 0 saturated heterocycles. The number of nitrogens with zero attached hydrogens (tertiary/aromatic N) is 3. The van der Waals surface area contributed by atoms with Crippen LogP contribution in [0.5, 0.6) is 0 Å². The topological polar surface area (TPSA) is 154 Å².